The Hall–Kier alpha value is -2.05. The van der Waals surface area contributed by atoms with Crippen molar-refractivity contribution in [3.05, 3.63) is 18.0 Å². The molecule has 0 aliphatic carbocycles. The molecule has 1 aliphatic rings. The van der Waals surface area contributed by atoms with Gasteiger partial charge in [0.25, 0.3) is 0 Å². The third kappa shape index (κ3) is 4.47. The molecule has 116 valence electrons. The molecule has 21 heavy (non-hydrogen) atoms. The molecule has 1 fully saturated rings. The molecular formula is C14H22N4O3. The van der Waals surface area contributed by atoms with Crippen LogP contribution >= 0.6 is 0 Å². The quantitative estimate of drug-likeness (QED) is 0.880. The first kappa shape index (κ1) is 15.3. The summed E-state index contributed by atoms with van der Waals surface area (Å²) in [6.45, 7) is 4.44. The van der Waals surface area contributed by atoms with Crippen LogP contribution in [0.5, 0.6) is 0 Å². The van der Waals surface area contributed by atoms with Crippen LogP contribution in [-0.2, 0) is 16.0 Å². The fourth-order valence-electron chi connectivity index (χ4n) is 2.37. The minimum Gasteiger partial charge on any atom is -0.450 e. The SMILES string of the molecule is CCOC(=O)N1CCN(C(=O)CCCc2cn[nH]c2)CC1. The van der Waals surface area contributed by atoms with E-state index in [0.717, 1.165) is 18.4 Å². The molecule has 1 aliphatic heterocycles. The van der Waals surface area contributed by atoms with Gasteiger partial charge in [-0.25, -0.2) is 4.79 Å². The van der Waals surface area contributed by atoms with Crippen molar-refractivity contribution >= 4 is 12.0 Å². The number of H-pyrrole nitrogens is 1. The molecular weight excluding hydrogens is 272 g/mol. The van der Waals surface area contributed by atoms with Crippen LogP contribution in [0.3, 0.4) is 0 Å². The molecule has 0 aromatic carbocycles. The number of ether oxygens (including phenoxy) is 1. The molecule has 1 aromatic heterocycles. The fourth-order valence-corrected chi connectivity index (χ4v) is 2.37. The first-order valence-electron chi connectivity index (χ1n) is 7.38. The molecule has 2 rings (SSSR count). The number of aromatic amines is 1. The Morgan fingerprint density at radius 3 is 2.62 bits per heavy atom. The van der Waals surface area contributed by atoms with Gasteiger partial charge in [0, 0.05) is 38.8 Å². The molecule has 2 amide bonds. The van der Waals surface area contributed by atoms with Crippen molar-refractivity contribution < 1.29 is 14.3 Å². The molecule has 0 spiro atoms. The second-order valence-electron chi connectivity index (χ2n) is 5.03. The molecule has 7 heteroatoms. The second-order valence-corrected chi connectivity index (χ2v) is 5.03. The number of piperazine rings is 1. The summed E-state index contributed by atoms with van der Waals surface area (Å²) in [6.07, 6.45) is 5.54. The van der Waals surface area contributed by atoms with E-state index in [1.807, 2.05) is 11.1 Å². The molecule has 0 unspecified atom stereocenters. The summed E-state index contributed by atoms with van der Waals surface area (Å²) in [5, 5.41) is 6.64. The summed E-state index contributed by atoms with van der Waals surface area (Å²) >= 11 is 0. The summed E-state index contributed by atoms with van der Waals surface area (Å²) in [6, 6.07) is 0. The Labute approximate surface area is 124 Å². The Bertz CT molecular complexity index is 453. The standard InChI is InChI=1S/C14H22N4O3/c1-2-21-14(20)18-8-6-17(7-9-18)13(19)5-3-4-12-10-15-16-11-12/h10-11H,2-9H2,1H3,(H,15,16). The van der Waals surface area contributed by atoms with Crippen LogP contribution in [0.2, 0.25) is 0 Å². The maximum atomic E-state index is 12.1. The van der Waals surface area contributed by atoms with Crippen LogP contribution in [0.15, 0.2) is 12.4 Å². The number of hydrogen-bond acceptors (Lipinski definition) is 4. The van der Waals surface area contributed by atoms with E-state index < -0.39 is 0 Å². The number of aromatic nitrogens is 2. The van der Waals surface area contributed by atoms with Gasteiger partial charge < -0.3 is 14.5 Å². The van der Waals surface area contributed by atoms with Crippen LogP contribution in [0.25, 0.3) is 0 Å². The van der Waals surface area contributed by atoms with Crippen LogP contribution < -0.4 is 0 Å². The highest BCUT2D eigenvalue weighted by Gasteiger charge is 2.24. The second kappa shape index (κ2) is 7.66. The minimum atomic E-state index is -0.287. The molecule has 0 atom stereocenters. The van der Waals surface area contributed by atoms with Crippen molar-refractivity contribution in [1.29, 1.82) is 0 Å². The summed E-state index contributed by atoms with van der Waals surface area (Å²) in [4.78, 5) is 27.1. The zero-order chi connectivity index (χ0) is 15.1. The smallest absolute Gasteiger partial charge is 0.409 e. The van der Waals surface area contributed by atoms with E-state index in [1.54, 1.807) is 18.0 Å². The van der Waals surface area contributed by atoms with E-state index in [-0.39, 0.29) is 12.0 Å². The van der Waals surface area contributed by atoms with Gasteiger partial charge in [-0.1, -0.05) is 0 Å². The maximum Gasteiger partial charge on any atom is 0.409 e. The predicted octanol–water partition coefficient (Wildman–Crippen LogP) is 1.03. The van der Waals surface area contributed by atoms with Gasteiger partial charge in [-0.3, -0.25) is 9.89 Å². The van der Waals surface area contributed by atoms with Crippen molar-refractivity contribution in [2.45, 2.75) is 26.2 Å². The lowest BCUT2D eigenvalue weighted by atomic mass is 10.1. The molecule has 2 heterocycles. The van der Waals surface area contributed by atoms with Crippen molar-refractivity contribution in [2.75, 3.05) is 32.8 Å². The van der Waals surface area contributed by atoms with Gasteiger partial charge in [-0.15, -0.1) is 0 Å². The van der Waals surface area contributed by atoms with Crippen LogP contribution in [-0.4, -0.2) is 64.8 Å². The van der Waals surface area contributed by atoms with Crippen molar-refractivity contribution in [3.8, 4) is 0 Å². The minimum absolute atomic E-state index is 0.155. The molecule has 0 saturated carbocycles. The molecule has 0 radical (unpaired) electrons. The molecule has 1 saturated heterocycles. The van der Waals surface area contributed by atoms with Gasteiger partial charge in [0.15, 0.2) is 0 Å². The van der Waals surface area contributed by atoms with E-state index in [4.69, 9.17) is 4.74 Å². The Balaban J connectivity index is 1.67. The molecule has 1 N–H and O–H groups in total. The number of amides is 2. The number of nitrogens with zero attached hydrogens (tertiary/aromatic N) is 3. The Kier molecular flexibility index (Phi) is 5.59. The Morgan fingerprint density at radius 1 is 1.29 bits per heavy atom. The topological polar surface area (TPSA) is 78.5 Å². The van der Waals surface area contributed by atoms with Gasteiger partial charge >= 0.3 is 6.09 Å². The number of hydrogen-bond donors (Lipinski definition) is 1. The average molecular weight is 294 g/mol. The number of carbonyl (C=O) groups excluding carboxylic acids is 2. The lowest BCUT2D eigenvalue weighted by molar-refractivity contribution is -0.132. The third-order valence-electron chi connectivity index (χ3n) is 3.57. The van der Waals surface area contributed by atoms with E-state index in [9.17, 15) is 9.59 Å². The van der Waals surface area contributed by atoms with Crippen molar-refractivity contribution in [3.63, 3.8) is 0 Å². The lowest BCUT2D eigenvalue weighted by Crippen LogP contribution is -2.50. The summed E-state index contributed by atoms with van der Waals surface area (Å²) in [5.41, 5.74) is 1.12. The summed E-state index contributed by atoms with van der Waals surface area (Å²) in [7, 11) is 0. The highest BCUT2D eigenvalue weighted by molar-refractivity contribution is 5.76. The molecule has 7 nitrogen and oxygen atoms in total. The van der Waals surface area contributed by atoms with Gasteiger partial charge in [0.1, 0.15) is 0 Å². The summed E-state index contributed by atoms with van der Waals surface area (Å²) < 4.78 is 4.96. The largest absolute Gasteiger partial charge is 0.450 e. The monoisotopic (exact) mass is 294 g/mol. The van der Waals surface area contributed by atoms with Gasteiger partial charge in [-0.2, -0.15) is 5.10 Å². The zero-order valence-electron chi connectivity index (χ0n) is 12.4. The van der Waals surface area contributed by atoms with Crippen molar-refractivity contribution in [2.24, 2.45) is 0 Å². The number of aryl methyl sites for hydroxylation is 1. The molecule has 1 aromatic rings. The van der Waals surface area contributed by atoms with E-state index >= 15 is 0 Å². The normalized spacial score (nSPS) is 15.1. The van der Waals surface area contributed by atoms with Gasteiger partial charge in [-0.05, 0) is 25.3 Å². The van der Waals surface area contributed by atoms with Crippen LogP contribution in [0.4, 0.5) is 4.79 Å². The van der Waals surface area contributed by atoms with E-state index in [1.165, 1.54) is 0 Å². The first-order valence-corrected chi connectivity index (χ1v) is 7.38. The number of rotatable bonds is 5. The average Bonchev–Trinajstić information content (AvgIpc) is 3.01. The van der Waals surface area contributed by atoms with Crippen LogP contribution in [0.1, 0.15) is 25.3 Å². The Morgan fingerprint density at radius 2 is 2.00 bits per heavy atom. The summed E-state index contributed by atoms with van der Waals surface area (Å²) in [5.74, 6) is 0.155. The molecule has 0 bridgehead atoms. The van der Waals surface area contributed by atoms with Crippen LogP contribution in [0, 0.1) is 0 Å². The van der Waals surface area contributed by atoms with Gasteiger partial charge in [0.05, 0.1) is 12.8 Å². The zero-order valence-corrected chi connectivity index (χ0v) is 12.4. The third-order valence-corrected chi connectivity index (χ3v) is 3.57. The highest BCUT2D eigenvalue weighted by atomic mass is 16.6. The van der Waals surface area contributed by atoms with E-state index in [2.05, 4.69) is 10.2 Å². The maximum absolute atomic E-state index is 12.1. The van der Waals surface area contributed by atoms with E-state index in [0.29, 0.717) is 39.2 Å². The first-order chi connectivity index (χ1) is 10.2. The predicted molar refractivity (Wildman–Crippen MR) is 76.7 cm³/mol. The lowest BCUT2D eigenvalue weighted by Gasteiger charge is -2.34. The number of nitrogens with one attached hydrogen (secondary N) is 1. The van der Waals surface area contributed by atoms with Gasteiger partial charge in [0.2, 0.25) is 5.91 Å². The number of carbonyl (C=O) groups is 2. The highest BCUT2D eigenvalue weighted by Crippen LogP contribution is 2.08. The fraction of sp³-hybridized carbons (Fsp3) is 0.643. The van der Waals surface area contributed by atoms with Crippen molar-refractivity contribution in [1.82, 2.24) is 20.0 Å².